The number of sulfone groups is 1. The fourth-order valence-electron chi connectivity index (χ4n) is 5.77. The summed E-state index contributed by atoms with van der Waals surface area (Å²) < 4.78 is 69.7. The van der Waals surface area contributed by atoms with Crippen LogP contribution in [-0.4, -0.2) is 29.4 Å². The van der Waals surface area contributed by atoms with E-state index < -0.39 is 38.4 Å². The molecule has 4 atom stereocenters. The number of carbonyl (C=O) groups is 1. The number of halogens is 4. The Bertz CT molecular complexity index is 1380. The Morgan fingerprint density at radius 1 is 1.08 bits per heavy atom. The highest BCUT2D eigenvalue weighted by molar-refractivity contribution is 7.92. The largest absolute Gasteiger partial charge is 0.322 e. The number of rotatable bonds is 6. The van der Waals surface area contributed by atoms with Gasteiger partial charge in [-0.25, -0.2) is 21.6 Å². The van der Waals surface area contributed by atoms with Crippen molar-refractivity contribution in [3.63, 3.8) is 0 Å². The van der Waals surface area contributed by atoms with Gasteiger partial charge in [-0.1, -0.05) is 11.6 Å². The number of amides is 1. The first-order valence-electron chi connectivity index (χ1n) is 11.6. The molecule has 5 rings (SSSR count). The maximum atomic E-state index is 13.8. The number of fused-ring (bicyclic) bond motifs is 2. The summed E-state index contributed by atoms with van der Waals surface area (Å²) in [5.74, 6) is -5.08. The third-order valence-electron chi connectivity index (χ3n) is 7.21. The zero-order chi connectivity index (χ0) is 25.6. The molecule has 2 saturated carbocycles. The van der Waals surface area contributed by atoms with Crippen LogP contribution in [0.4, 0.5) is 18.9 Å². The summed E-state index contributed by atoms with van der Waals surface area (Å²) in [5, 5.41) is 5.94. The molecule has 0 aliphatic heterocycles. The van der Waals surface area contributed by atoms with Crippen LogP contribution in [-0.2, 0) is 16.4 Å². The Kier molecular flexibility index (Phi) is 6.59. The van der Waals surface area contributed by atoms with Crippen molar-refractivity contribution in [2.45, 2.75) is 42.4 Å². The minimum Gasteiger partial charge on any atom is -0.322 e. The monoisotopic (exact) mass is 537 g/mol. The molecule has 0 radical (unpaired) electrons. The Hall–Kier alpha value is -2.85. The Morgan fingerprint density at radius 3 is 2.36 bits per heavy atom. The van der Waals surface area contributed by atoms with Gasteiger partial charge in [0, 0.05) is 42.3 Å². The lowest BCUT2D eigenvalue weighted by Gasteiger charge is -2.35. The number of hydrogen-bond acceptors (Lipinski definition) is 4. The summed E-state index contributed by atoms with van der Waals surface area (Å²) in [5.41, 5.74) is -0.355. The standard InChI is InChI=1S/C25H23ClF3N3O3S/c26-19-5-4-17(25(33)31-18-11-20(27)23(29)21(28)12-18)10-22(19)36(34,35)24-15-2-3-16(24)9-14(8-15)13-32-7-1-6-30-32/h1,4-7,10-12,14-16,24H,2-3,8-9,13H2,(H,31,33)/t14?,15-,16?,24?/m0/s1. The molecule has 2 aliphatic carbocycles. The lowest BCUT2D eigenvalue weighted by atomic mass is 9.80. The topological polar surface area (TPSA) is 81.1 Å². The number of benzene rings is 2. The fourth-order valence-corrected chi connectivity index (χ4v) is 8.64. The van der Waals surface area contributed by atoms with E-state index in [-0.39, 0.29) is 33.0 Å². The van der Waals surface area contributed by atoms with Crippen molar-refractivity contribution in [2.24, 2.45) is 17.8 Å². The minimum atomic E-state index is -3.87. The van der Waals surface area contributed by atoms with Crippen LogP contribution in [0.3, 0.4) is 0 Å². The molecule has 1 heterocycles. The van der Waals surface area contributed by atoms with E-state index in [0.29, 0.717) is 18.1 Å². The van der Waals surface area contributed by atoms with Crippen molar-refractivity contribution in [1.29, 1.82) is 0 Å². The maximum absolute atomic E-state index is 13.8. The summed E-state index contributed by atoms with van der Waals surface area (Å²) in [6.07, 6.45) is 6.77. The highest BCUT2D eigenvalue weighted by Crippen LogP contribution is 2.50. The van der Waals surface area contributed by atoms with Crippen molar-refractivity contribution >= 4 is 33.0 Å². The van der Waals surface area contributed by atoms with Gasteiger partial charge in [-0.3, -0.25) is 9.48 Å². The van der Waals surface area contributed by atoms with E-state index in [1.54, 1.807) is 6.20 Å². The van der Waals surface area contributed by atoms with Gasteiger partial charge in [0.1, 0.15) is 0 Å². The van der Waals surface area contributed by atoms with Crippen LogP contribution in [0.2, 0.25) is 5.02 Å². The number of nitrogens with one attached hydrogen (secondary N) is 1. The molecule has 6 nitrogen and oxygen atoms in total. The molecule has 1 aromatic heterocycles. The first-order valence-corrected chi connectivity index (χ1v) is 13.5. The SMILES string of the molecule is O=C(Nc1cc(F)c(F)c(F)c1)c1ccc(Cl)c(S(=O)(=O)C2C3CC[C@H]2CC(Cn2cccn2)C3)c1. The van der Waals surface area contributed by atoms with Gasteiger partial charge < -0.3 is 5.32 Å². The molecule has 11 heteroatoms. The minimum absolute atomic E-state index is 0.00323. The average Bonchev–Trinajstić information content (AvgIpc) is 3.43. The smallest absolute Gasteiger partial charge is 0.255 e. The van der Waals surface area contributed by atoms with Gasteiger partial charge in [-0.2, -0.15) is 5.10 Å². The number of hydrogen-bond donors (Lipinski definition) is 1. The second kappa shape index (κ2) is 9.55. The second-order valence-electron chi connectivity index (χ2n) is 9.53. The normalized spacial score (nSPS) is 23.6. The molecule has 1 N–H and O–H groups in total. The predicted octanol–water partition coefficient (Wildman–Crippen LogP) is 5.48. The van der Waals surface area contributed by atoms with Crippen molar-refractivity contribution in [2.75, 3.05) is 5.32 Å². The molecule has 2 aliphatic rings. The average molecular weight is 538 g/mol. The van der Waals surface area contributed by atoms with E-state index in [1.165, 1.54) is 18.2 Å². The lowest BCUT2D eigenvalue weighted by Crippen LogP contribution is -2.38. The van der Waals surface area contributed by atoms with Gasteiger partial charge in [0.15, 0.2) is 27.3 Å². The predicted molar refractivity (Wildman–Crippen MR) is 128 cm³/mol. The molecule has 3 aromatic rings. The van der Waals surface area contributed by atoms with Crippen LogP contribution in [0, 0.1) is 35.2 Å². The lowest BCUT2D eigenvalue weighted by molar-refractivity contribution is 0.102. The maximum Gasteiger partial charge on any atom is 0.255 e. The molecule has 36 heavy (non-hydrogen) atoms. The van der Waals surface area contributed by atoms with Crippen molar-refractivity contribution in [1.82, 2.24) is 9.78 Å². The van der Waals surface area contributed by atoms with E-state index in [0.717, 1.165) is 32.2 Å². The fraction of sp³-hybridized carbons (Fsp3) is 0.360. The molecule has 2 fully saturated rings. The van der Waals surface area contributed by atoms with Gasteiger partial charge in [0.25, 0.3) is 5.91 Å². The van der Waals surface area contributed by atoms with Crippen LogP contribution in [0.15, 0.2) is 53.7 Å². The molecular formula is C25H23ClF3N3O3S. The van der Waals surface area contributed by atoms with E-state index >= 15 is 0 Å². The van der Waals surface area contributed by atoms with Crippen LogP contribution < -0.4 is 5.32 Å². The molecule has 0 saturated heterocycles. The van der Waals surface area contributed by atoms with Gasteiger partial charge in [0.2, 0.25) is 0 Å². The quantitative estimate of drug-likeness (QED) is 0.422. The molecule has 2 bridgehead atoms. The van der Waals surface area contributed by atoms with E-state index in [2.05, 4.69) is 10.4 Å². The highest BCUT2D eigenvalue weighted by atomic mass is 35.5. The van der Waals surface area contributed by atoms with Crippen molar-refractivity contribution in [3.8, 4) is 0 Å². The van der Waals surface area contributed by atoms with E-state index in [1.807, 2.05) is 16.9 Å². The van der Waals surface area contributed by atoms with Crippen molar-refractivity contribution < 1.29 is 26.4 Å². The highest BCUT2D eigenvalue weighted by Gasteiger charge is 2.50. The van der Waals surface area contributed by atoms with Crippen LogP contribution in [0.5, 0.6) is 0 Å². The molecular weight excluding hydrogens is 515 g/mol. The summed E-state index contributed by atoms with van der Waals surface area (Å²) in [6, 6.07) is 6.98. The Morgan fingerprint density at radius 2 is 1.75 bits per heavy atom. The first-order chi connectivity index (χ1) is 17.1. The third-order valence-corrected chi connectivity index (χ3v) is 10.1. The first kappa shape index (κ1) is 24.8. The van der Waals surface area contributed by atoms with Gasteiger partial charge >= 0.3 is 0 Å². The van der Waals surface area contributed by atoms with Crippen LogP contribution in [0.25, 0.3) is 0 Å². The molecule has 190 valence electrons. The summed E-state index contributed by atoms with van der Waals surface area (Å²) in [7, 11) is -3.87. The zero-order valence-corrected chi connectivity index (χ0v) is 20.6. The van der Waals surface area contributed by atoms with E-state index in [9.17, 15) is 26.4 Å². The van der Waals surface area contributed by atoms with Crippen LogP contribution in [0.1, 0.15) is 36.0 Å². The number of aromatic nitrogens is 2. The van der Waals surface area contributed by atoms with E-state index in [4.69, 9.17) is 11.6 Å². The molecule has 2 aromatic carbocycles. The number of anilines is 1. The number of nitrogens with zero attached hydrogens (tertiary/aromatic N) is 2. The summed E-state index contributed by atoms with van der Waals surface area (Å²) in [4.78, 5) is 12.6. The molecule has 0 spiro atoms. The van der Waals surface area contributed by atoms with Gasteiger partial charge in [-0.05, 0) is 67.7 Å². The Labute approximate surface area is 211 Å². The Balaban J connectivity index is 1.37. The summed E-state index contributed by atoms with van der Waals surface area (Å²) >= 11 is 6.30. The van der Waals surface area contributed by atoms with Gasteiger partial charge in [-0.15, -0.1) is 0 Å². The van der Waals surface area contributed by atoms with Gasteiger partial charge in [0.05, 0.1) is 15.2 Å². The number of carbonyl (C=O) groups excluding carboxylic acids is 1. The molecule has 1 amide bonds. The third kappa shape index (κ3) is 4.64. The van der Waals surface area contributed by atoms with Crippen LogP contribution >= 0.6 is 11.6 Å². The second-order valence-corrected chi connectivity index (χ2v) is 12.0. The summed E-state index contributed by atoms with van der Waals surface area (Å²) in [6.45, 7) is 0.744. The van der Waals surface area contributed by atoms with Crippen molar-refractivity contribution in [3.05, 3.63) is 76.8 Å². The molecule has 3 unspecified atom stereocenters. The zero-order valence-electron chi connectivity index (χ0n) is 19.0.